The summed E-state index contributed by atoms with van der Waals surface area (Å²) in [6.45, 7) is 8.19. The Hall–Kier alpha value is -2.16. The maximum atomic E-state index is 5.80. The predicted octanol–water partition coefficient (Wildman–Crippen LogP) is 4.59. The Labute approximate surface area is 145 Å². The van der Waals surface area contributed by atoms with Crippen LogP contribution < -0.4 is 15.0 Å². The van der Waals surface area contributed by atoms with Crippen LogP contribution in [0.1, 0.15) is 25.8 Å². The lowest BCUT2D eigenvalue weighted by atomic mass is 10.0. The van der Waals surface area contributed by atoms with Crippen LogP contribution in [0.3, 0.4) is 0 Å². The summed E-state index contributed by atoms with van der Waals surface area (Å²) in [6.07, 6.45) is 2.45. The highest BCUT2D eigenvalue weighted by Gasteiger charge is 2.15. The zero-order chi connectivity index (χ0) is 16.8. The lowest BCUT2D eigenvalue weighted by molar-refractivity contribution is 0.271. The van der Waals surface area contributed by atoms with Crippen LogP contribution in [0.2, 0.25) is 0 Å². The normalized spacial score (nSPS) is 13.7. The molecule has 0 unspecified atom stereocenters. The van der Waals surface area contributed by atoms with E-state index in [-0.39, 0.29) is 0 Å². The topological polar surface area (TPSA) is 24.5 Å². The summed E-state index contributed by atoms with van der Waals surface area (Å²) < 4.78 is 5.80. The maximum absolute atomic E-state index is 5.80. The second-order valence-corrected chi connectivity index (χ2v) is 6.88. The second kappa shape index (κ2) is 8.09. The van der Waals surface area contributed by atoms with Crippen LogP contribution >= 0.6 is 0 Å². The summed E-state index contributed by atoms with van der Waals surface area (Å²) in [5.74, 6) is 1.48. The van der Waals surface area contributed by atoms with Gasteiger partial charge in [-0.3, -0.25) is 0 Å². The zero-order valence-electron chi connectivity index (χ0n) is 14.8. The van der Waals surface area contributed by atoms with Crippen molar-refractivity contribution in [1.29, 1.82) is 0 Å². The highest BCUT2D eigenvalue weighted by Crippen LogP contribution is 2.26. The first-order chi connectivity index (χ1) is 11.7. The molecule has 1 aliphatic heterocycles. The molecule has 1 heterocycles. The molecule has 1 aliphatic rings. The van der Waals surface area contributed by atoms with Gasteiger partial charge in [-0.2, -0.15) is 0 Å². The summed E-state index contributed by atoms with van der Waals surface area (Å²) in [4.78, 5) is 2.49. The van der Waals surface area contributed by atoms with E-state index in [1.165, 1.54) is 24.1 Å². The molecule has 2 aromatic carbocycles. The van der Waals surface area contributed by atoms with E-state index in [1.807, 2.05) is 12.1 Å². The number of fused-ring (bicyclic) bond motifs is 1. The van der Waals surface area contributed by atoms with Gasteiger partial charge in [0.15, 0.2) is 0 Å². The summed E-state index contributed by atoms with van der Waals surface area (Å²) in [6, 6.07) is 17.0. The molecular weight excluding hydrogens is 296 g/mol. The van der Waals surface area contributed by atoms with Gasteiger partial charge in [-0.05, 0) is 42.5 Å². The number of nitrogens with one attached hydrogen (secondary N) is 1. The van der Waals surface area contributed by atoms with Crippen molar-refractivity contribution >= 4 is 11.4 Å². The minimum absolute atomic E-state index is 0.542. The first-order valence-corrected chi connectivity index (χ1v) is 9.02. The molecule has 3 heteroatoms. The van der Waals surface area contributed by atoms with Crippen molar-refractivity contribution in [3.63, 3.8) is 0 Å². The van der Waals surface area contributed by atoms with Gasteiger partial charge in [-0.25, -0.2) is 0 Å². The van der Waals surface area contributed by atoms with Crippen LogP contribution in [0.25, 0.3) is 0 Å². The first kappa shape index (κ1) is 16.7. The average molecular weight is 324 g/mol. The fraction of sp³-hybridized carbons (Fsp3) is 0.429. The number of benzene rings is 2. The highest BCUT2D eigenvalue weighted by molar-refractivity contribution is 5.56. The molecule has 3 rings (SSSR count). The standard InChI is InChI=1S/C21H28N2O/c1-17(2)16-24-20-10-5-9-19(15-20)22-12-14-23-13-6-8-18-7-3-4-11-21(18)23/h3-5,7,9-11,15,17,22H,6,8,12-14,16H2,1-2H3. The Bertz CT molecular complexity index is 654. The molecule has 0 spiro atoms. The van der Waals surface area contributed by atoms with Crippen LogP contribution in [0.15, 0.2) is 48.5 Å². The van der Waals surface area contributed by atoms with E-state index in [0.29, 0.717) is 5.92 Å². The number of anilines is 2. The Balaban J connectivity index is 1.53. The predicted molar refractivity (Wildman–Crippen MR) is 102 cm³/mol. The minimum Gasteiger partial charge on any atom is -0.493 e. The van der Waals surface area contributed by atoms with Crippen molar-refractivity contribution < 1.29 is 4.74 Å². The van der Waals surface area contributed by atoms with Crippen LogP contribution in [-0.4, -0.2) is 26.2 Å². The molecule has 0 amide bonds. The van der Waals surface area contributed by atoms with E-state index < -0.39 is 0 Å². The monoisotopic (exact) mass is 324 g/mol. The van der Waals surface area contributed by atoms with Gasteiger partial charge in [0.2, 0.25) is 0 Å². The van der Waals surface area contributed by atoms with Gasteiger partial charge in [0, 0.05) is 37.1 Å². The lowest BCUT2D eigenvalue weighted by Gasteiger charge is -2.31. The minimum atomic E-state index is 0.542. The van der Waals surface area contributed by atoms with E-state index in [1.54, 1.807) is 0 Å². The maximum Gasteiger partial charge on any atom is 0.121 e. The van der Waals surface area contributed by atoms with Crippen LogP contribution in [0.5, 0.6) is 5.75 Å². The smallest absolute Gasteiger partial charge is 0.121 e. The largest absolute Gasteiger partial charge is 0.493 e. The van der Waals surface area contributed by atoms with Crippen LogP contribution in [-0.2, 0) is 6.42 Å². The lowest BCUT2D eigenvalue weighted by Crippen LogP contribution is -2.33. The molecule has 0 bridgehead atoms. The zero-order valence-corrected chi connectivity index (χ0v) is 14.8. The molecule has 0 atom stereocenters. The number of hydrogen-bond donors (Lipinski definition) is 1. The van der Waals surface area contributed by atoms with Gasteiger partial charge in [-0.15, -0.1) is 0 Å². The SMILES string of the molecule is CC(C)COc1cccc(NCCN2CCCc3ccccc32)c1. The summed E-state index contributed by atoms with van der Waals surface area (Å²) in [5.41, 5.74) is 4.01. The van der Waals surface area contributed by atoms with E-state index in [4.69, 9.17) is 4.74 Å². The van der Waals surface area contributed by atoms with E-state index >= 15 is 0 Å². The van der Waals surface area contributed by atoms with Crippen molar-refractivity contribution in [2.45, 2.75) is 26.7 Å². The molecule has 1 N–H and O–H groups in total. The molecule has 0 aromatic heterocycles. The van der Waals surface area contributed by atoms with Crippen LogP contribution in [0, 0.1) is 5.92 Å². The summed E-state index contributed by atoms with van der Waals surface area (Å²) in [5, 5.41) is 3.53. The Morgan fingerprint density at radius 1 is 1.12 bits per heavy atom. The van der Waals surface area contributed by atoms with Gasteiger partial charge in [0.1, 0.15) is 5.75 Å². The molecule has 0 radical (unpaired) electrons. The second-order valence-electron chi connectivity index (χ2n) is 6.88. The number of para-hydroxylation sites is 1. The molecular formula is C21H28N2O. The molecule has 128 valence electrons. The molecule has 3 nitrogen and oxygen atoms in total. The Kier molecular flexibility index (Phi) is 5.63. The molecule has 0 saturated heterocycles. The van der Waals surface area contributed by atoms with Crippen molar-refractivity contribution in [1.82, 2.24) is 0 Å². The fourth-order valence-electron chi connectivity index (χ4n) is 3.14. The molecule has 2 aromatic rings. The van der Waals surface area contributed by atoms with E-state index in [0.717, 1.165) is 37.7 Å². The van der Waals surface area contributed by atoms with Gasteiger partial charge in [0.25, 0.3) is 0 Å². The van der Waals surface area contributed by atoms with Crippen molar-refractivity contribution in [3.05, 3.63) is 54.1 Å². The quantitative estimate of drug-likeness (QED) is 0.806. The van der Waals surface area contributed by atoms with Gasteiger partial charge in [-0.1, -0.05) is 38.1 Å². The fourth-order valence-corrected chi connectivity index (χ4v) is 3.14. The number of ether oxygens (including phenoxy) is 1. The third-order valence-electron chi connectivity index (χ3n) is 4.33. The number of nitrogens with zero attached hydrogens (tertiary/aromatic N) is 1. The summed E-state index contributed by atoms with van der Waals surface area (Å²) in [7, 11) is 0. The van der Waals surface area contributed by atoms with E-state index in [2.05, 4.69) is 60.5 Å². The number of rotatable bonds is 7. The molecule has 24 heavy (non-hydrogen) atoms. The third kappa shape index (κ3) is 4.44. The molecule has 0 saturated carbocycles. The third-order valence-corrected chi connectivity index (χ3v) is 4.33. The average Bonchev–Trinajstić information content (AvgIpc) is 2.61. The molecule has 0 fully saturated rings. The highest BCUT2D eigenvalue weighted by atomic mass is 16.5. The number of aryl methyl sites for hydroxylation is 1. The molecule has 0 aliphatic carbocycles. The first-order valence-electron chi connectivity index (χ1n) is 9.02. The number of hydrogen-bond acceptors (Lipinski definition) is 3. The Morgan fingerprint density at radius 3 is 2.88 bits per heavy atom. The van der Waals surface area contributed by atoms with Gasteiger partial charge in [0.05, 0.1) is 6.61 Å². The van der Waals surface area contributed by atoms with Crippen LogP contribution in [0.4, 0.5) is 11.4 Å². The Morgan fingerprint density at radius 2 is 2.00 bits per heavy atom. The van der Waals surface area contributed by atoms with Crippen molar-refractivity contribution in [2.24, 2.45) is 5.92 Å². The van der Waals surface area contributed by atoms with Gasteiger partial charge < -0.3 is 15.0 Å². The van der Waals surface area contributed by atoms with Gasteiger partial charge >= 0.3 is 0 Å². The summed E-state index contributed by atoms with van der Waals surface area (Å²) >= 11 is 0. The van der Waals surface area contributed by atoms with E-state index in [9.17, 15) is 0 Å². The van der Waals surface area contributed by atoms with Crippen molar-refractivity contribution in [2.75, 3.05) is 36.5 Å². The van der Waals surface area contributed by atoms with Crippen molar-refractivity contribution in [3.8, 4) is 5.75 Å².